The highest BCUT2D eigenvalue weighted by Gasteiger charge is 2.17. The molecule has 0 saturated carbocycles. The Morgan fingerprint density at radius 2 is 2.18 bits per heavy atom. The molecule has 0 spiro atoms. The molecule has 1 N–H and O–H groups in total. The summed E-state index contributed by atoms with van der Waals surface area (Å²) in [6, 6.07) is 6.00. The minimum absolute atomic E-state index is 0.0429. The number of nitrogens with one attached hydrogen (secondary N) is 1. The molecule has 1 heterocycles. The molecule has 2 rings (SSSR count). The maximum absolute atomic E-state index is 11.0. The lowest BCUT2D eigenvalue weighted by Gasteiger charge is -2.00. The summed E-state index contributed by atoms with van der Waals surface area (Å²) in [6.45, 7) is 6.70. The van der Waals surface area contributed by atoms with E-state index in [-0.39, 0.29) is 5.91 Å². The van der Waals surface area contributed by atoms with Gasteiger partial charge in [0, 0.05) is 25.6 Å². The van der Waals surface area contributed by atoms with Crippen LogP contribution in [-0.4, -0.2) is 10.5 Å². The number of imidazole rings is 1. The van der Waals surface area contributed by atoms with Crippen LogP contribution in [0.5, 0.6) is 0 Å². The average molecular weight is 232 g/mol. The summed E-state index contributed by atoms with van der Waals surface area (Å²) in [7, 11) is 2.04. The normalized spacial score (nSPS) is 10.8. The second-order valence-corrected chi connectivity index (χ2v) is 4.24. The van der Waals surface area contributed by atoms with Crippen LogP contribution in [0, 0.1) is 6.92 Å². The molecule has 1 amide bonds. The highest BCUT2D eigenvalue weighted by atomic mass is 16.1. The topological polar surface area (TPSA) is 37.9 Å². The molecule has 1 aromatic heterocycles. The van der Waals surface area contributed by atoms with Crippen molar-refractivity contribution in [3.8, 4) is 0 Å². The van der Waals surface area contributed by atoms with Gasteiger partial charge >= 0.3 is 0 Å². The molecule has 0 aliphatic carbocycles. The fourth-order valence-electron chi connectivity index (χ4n) is 2.23. The van der Waals surface area contributed by atoms with Gasteiger partial charge in [-0.05, 0) is 19.1 Å². The first kappa shape index (κ1) is 11.6. The molecule has 0 fully saturated rings. The number of carbonyl (C=O) groups excluding carboxylic acids is 1. The number of benzene rings is 1. The number of rotatable bonds is 2. The summed E-state index contributed by atoms with van der Waals surface area (Å²) < 4.78 is 4.40. The number of aryl methyl sites for hydroxylation is 2. The van der Waals surface area contributed by atoms with Crippen molar-refractivity contribution >= 4 is 22.6 Å². The molecule has 0 saturated heterocycles. The first-order chi connectivity index (χ1) is 8.04. The summed E-state index contributed by atoms with van der Waals surface area (Å²) in [5.74, 6) is 1.17. The van der Waals surface area contributed by atoms with Gasteiger partial charge in [-0.15, -0.1) is 0 Å². The molecule has 17 heavy (non-hydrogen) atoms. The van der Waals surface area contributed by atoms with Crippen molar-refractivity contribution in [3.63, 3.8) is 0 Å². The average Bonchev–Trinajstić information content (AvgIpc) is 2.51. The van der Waals surface area contributed by atoms with Crippen LogP contribution in [0.15, 0.2) is 18.2 Å². The van der Waals surface area contributed by atoms with Crippen molar-refractivity contribution in [2.24, 2.45) is 7.05 Å². The van der Waals surface area contributed by atoms with Crippen LogP contribution in [-0.2, 0) is 18.4 Å². The van der Waals surface area contributed by atoms with Gasteiger partial charge in [-0.1, -0.05) is 0 Å². The summed E-state index contributed by atoms with van der Waals surface area (Å²) in [6.07, 6.45) is 0. The first-order valence-corrected chi connectivity index (χ1v) is 5.81. The number of amides is 1. The molecule has 0 atom stereocenters. The first-order valence-electron chi connectivity index (χ1n) is 5.81. The van der Waals surface area contributed by atoms with Crippen LogP contribution in [0.25, 0.3) is 11.0 Å². The highest BCUT2D eigenvalue weighted by Crippen LogP contribution is 2.18. The Morgan fingerprint density at radius 3 is 2.76 bits per heavy atom. The zero-order valence-corrected chi connectivity index (χ0v) is 10.7. The van der Waals surface area contributed by atoms with Gasteiger partial charge in [0.25, 0.3) is 5.82 Å². The van der Waals surface area contributed by atoms with Crippen molar-refractivity contribution in [3.05, 3.63) is 24.0 Å². The minimum atomic E-state index is -0.0429. The lowest BCUT2D eigenvalue weighted by atomic mass is 10.2. The van der Waals surface area contributed by atoms with Crippen molar-refractivity contribution in [1.82, 2.24) is 4.57 Å². The van der Waals surface area contributed by atoms with Crippen molar-refractivity contribution in [2.75, 3.05) is 5.32 Å². The van der Waals surface area contributed by atoms with E-state index in [1.165, 1.54) is 18.3 Å². The fourth-order valence-corrected chi connectivity index (χ4v) is 2.23. The van der Waals surface area contributed by atoms with Crippen LogP contribution >= 0.6 is 0 Å². The number of hydrogen-bond acceptors (Lipinski definition) is 1. The number of nitrogens with zero attached hydrogens (tertiary/aromatic N) is 2. The van der Waals surface area contributed by atoms with Gasteiger partial charge in [0.2, 0.25) is 5.91 Å². The zero-order chi connectivity index (χ0) is 12.6. The minimum Gasteiger partial charge on any atom is -0.326 e. The van der Waals surface area contributed by atoms with Gasteiger partial charge in [0.05, 0.1) is 13.6 Å². The maximum atomic E-state index is 11.0. The smallest absolute Gasteiger partial charge is 0.253 e. The van der Waals surface area contributed by atoms with Gasteiger partial charge in [0.15, 0.2) is 11.0 Å². The molecule has 0 aliphatic heterocycles. The van der Waals surface area contributed by atoms with Crippen molar-refractivity contribution < 1.29 is 9.36 Å². The third kappa shape index (κ3) is 1.90. The van der Waals surface area contributed by atoms with E-state index in [9.17, 15) is 4.79 Å². The molecule has 0 radical (unpaired) electrons. The predicted molar refractivity (Wildman–Crippen MR) is 67.8 cm³/mol. The highest BCUT2D eigenvalue weighted by molar-refractivity contribution is 5.91. The molecule has 4 heteroatoms. The standard InChI is InChI=1S/C13H17N3O/c1-5-16-10(3)15(4)13-8-11(14-9(2)17)6-7-12(13)16/h6-8H,5H2,1-4H3/p+1. The van der Waals surface area contributed by atoms with Crippen LogP contribution in [0.1, 0.15) is 19.7 Å². The molecule has 0 bridgehead atoms. The van der Waals surface area contributed by atoms with E-state index in [0.717, 1.165) is 17.7 Å². The maximum Gasteiger partial charge on any atom is 0.253 e. The van der Waals surface area contributed by atoms with E-state index in [4.69, 9.17) is 0 Å². The van der Waals surface area contributed by atoms with Crippen molar-refractivity contribution in [2.45, 2.75) is 27.3 Å². The summed E-state index contributed by atoms with van der Waals surface area (Å²) >= 11 is 0. The Morgan fingerprint density at radius 1 is 1.47 bits per heavy atom. The van der Waals surface area contributed by atoms with Crippen LogP contribution in [0.3, 0.4) is 0 Å². The molecule has 0 aliphatic rings. The van der Waals surface area contributed by atoms with E-state index >= 15 is 0 Å². The molecule has 2 aromatic rings. The van der Waals surface area contributed by atoms with E-state index in [0.29, 0.717) is 0 Å². The molecule has 90 valence electrons. The van der Waals surface area contributed by atoms with E-state index in [1.54, 1.807) is 0 Å². The predicted octanol–water partition coefficient (Wildman–Crippen LogP) is 1.75. The van der Waals surface area contributed by atoms with Gasteiger partial charge in [-0.3, -0.25) is 4.79 Å². The Bertz CT molecular complexity index is 584. The summed E-state index contributed by atoms with van der Waals surface area (Å²) in [5.41, 5.74) is 3.17. The number of anilines is 1. The lowest BCUT2D eigenvalue weighted by Crippen LogP contribution is -2.34. The monoisotopic (exact) mass is 232 g/mol. The second kappa shape index (κ2) is 4.20. The number of hydrogen-bond donors (Lipinski definition) is 1. The van der Waals surface area contributed by atoms with E-state index in [2.05, 4.69) is 34.4 Å². The summed E-state index contributed by atoms with van der Waals surface area (Å²) in [5, 5.41) is 2.81. The molecular formula is C13H18N3O+. The molecule has 1 aromatic carbocycles. The van der Waals surface area contributed by atoms with E-state index < -0.39 is 0 Å². The Hall–Kier alpha value is -1.84. The molecule has 0 unspecified atom stereocenters. The van der Waals surface area contributed by atoms with Crippen LogP contribution < -0.4 is 9.88 Å². The van der Waals surface area contributed by atoms with E-state index in [1.807, 2.05) is 19.2 Å². The van der Waals surface area contributed by atoms with Gasteiger partial charge < -0.3 is 5.32 Å². The summed E-state index contributed by atoms with van der Waals surface area (Å²) in [4.78, 5) is 11.0. The largest absolute Gasteiger partial charge is 0.326 e. The Labute approximate surface area is 101 Å². The zero-order valence-electron chi connectivity index (χ0n) is 10.7. The SMILES string of the molecule is CC[n+]1c(C)n(C)c2cc(NC(C)=O)ccc21. The quantitative estimate of drug-likeness (QED) is 0.787. The number of aromatic nitrogens is 2. The fraction of sp³-hybridized carbons (Fsp3) is 0.385. The van der Waals surface area contributed by atoms with Crippen molar-refractivity contribution in [1.29, 1.82) is 0 Å². The van der Waals surface area contributed by atoms with Crippen LogP contribution in [0.2, 0.25) is 0 Å². The Balaban J connectivity index is 2.62. The van der Waals surface area contributed by atoms with Gasteiger partial charge in [-0.25, -0.2) is 9.13 Å². The van der Waals surface area contributed by atoms with Gasteiger partial charge in [0.1, 0.15) is 0 Å². The number of fused-ring (bicyclic) bond motifs is 1. The second-order valence-electron chi connectivity index (χ2n) is 4.24. The van der Waals surface area contributed by atoms with Crippen LogP contribution in [0.4, 0.5) is 5.69 Å². The Kier molecular flexibility index (Phi) is 2.88. The third-order valence-corrected chi connectivity index (χ3v) is 3.14. The number of carbonyl (C=O) groups is 1. The van der Waals surface area contributed by atoms with Gasteiger partial charge in [-0.2, -0.15) is 0 Å². The lowest BCUT2D eigenvalue weighted by molar-refractivity contribution is -0.674. The molecule has 4 nitrogen and oxygen atoms in total. The third-order valence-electron chi connectivity index (χ3n) is 3.14. The molecular weight excluding hydrogens is 214 g/mol.